The molecular weight excluding hydrogens is 355 g/mol. The van der Waals surface area contributed by atoms with E-state index >= 15 is 0 Å². The van der Waals surface area contributed by atoms with Crippen LogP contribution in [-0.2, 0) is 10.5 Å². The largest absolute Gasteiger partial charge is 0.301 e. The van der Waals surface area contributed by atoms with Crippen LogP contribution in [0.4, 0.5) is 9.52 Å². The molecule has 0 fully saturated rings. The Kier molecular flexibility index (Phi) is 5.83. The lowest BCUT2D eigenvalue weighted by molar-refractivity contribution is -0.113. The second-order valence-corrected chi connectivity index (χ2v) is 7.42. The highest BCUT2D eigenvalue weighted by Gasteiger charge is 2.08. The molecule has 128 valence electrons. The summed E-state index contributed by atoms with van der Waals surface area (Å²) < 4.78 is 13.0. The maximum atomic E-state index is 13.0. The van der Waals surface area contributed by atoms with Crippen molar-refractivity contribution in [1.29, 1.82) is 0 Å². The molecule has 6 heteroatoms. The molecule has 0 aliphatic rings. The highest BCUT2D eigenvalue weighted by molar-refractivity contribution is 7.99. The molecule has 25 heavy (non-hydrogen) atoms. The Bertz CT molecular complexity index is 845. The van der Waals surface area contributed by atoms with Crippen molar-refractivity contribution in [3.8, 4) is 11.3 Å². The van der Waals surface area contributed by atoms with Crippen LogP contribution in [0.5, 0.6) is 0 Å². The number of carbonyl (C=O) groups is 1. The second kappa shape index (κ2) is 8.27. The number of nitrogens with zero attached hydrogens (tertiary/aromatic N) is 1. The first-order chi connectivity index (χ1) is 12.1. The standard InChI is InChI=1S/C19H17FN2OS2/c1-13-2-4-14(5-3-13)10-24-12-18(23)22-19-21-17(11-25-19)15-6-8-16(20)9-7-15/h2-9,11H,10,12H2,1H3,(H,21,22,23). The quantitative estimate of drug-likeness (QED) is 0.652. The lowest BCUT2D eigenvalue weighted by atomic mass is 10.2. The molecule has 0 unspecified atom stereocenters. The van der Waals surface area contributed by atoms with Crippen molar-refractivity contribution in [1.82, 2.24) is 4.98 Å². The van der Waals surface area contributed by atoms with Gasteiger partial charge in [-0.2, -0.15) is 0 Å². The first kappa shape index (κ1) is 17.6. The molecule has 0 atom stereocenters. The highest BCUT2D eigenvalue weighted by atomic mass is 32.2. The number of benzene rings is 2. The Balaban J connectivity index is 1.49. The summed E-state index contributed by atoms with van der Waals surface area (Å²) in [6.45, 7) is 2.05. The number of rotatable bonds is 6. The topological polar surface area (TPSA) is 42.0 Å². The predicted molar refractivity (Wildman–Crippen MR) is 103 cm³/mol. The van der Waals surface area contributed by atoms with Crippen LogP contribution in [0, 0.1) is 12.7 Å². The first-order valence-corrected chi connectivity index (χ1v) is 9.78. The van der Waals surface area contributed by atoms with Crippen LogP contribution < -0.4 is 5.32 Å². The van der Waals surface area contributed by atoms with Crippen molar-refractivity contribution in [2.45, 2.75) is 12.7 Å². The van der Waals surface area contributed by atoms with Gasteiger partial charge in [0.15, 0.2) is 5.13 Å². The molecule has 0 saturated heterocycles. The third kappa shape index (κ3) is 5.14. The summed E-state index contributed by atoms with van der Waals surface area (Å²) >= 11 is 2.93. The van der Waals surface area contributed by atoms with Gasteiger partial charge in [0.25, 0.3) is 0 Å². The predicted octanol–water partition coefficient (Wildman–Crippen LogP) is 5.13. The van der Waals surface area contributed by atoms with Crippen LogP contribution in [0.15, 0.2) is 53.9 Å². The Morgan fingerprint density at radius 1 is 1.16 bits per heavy atom. The number of hydrogen-bond donors (Lipinski definition) is 1. The molecule has 2 aromatic carbocycles. The smallest absolute Gasteiger partial charge is 0.236 e. The van der Waals surface area contributed by atoms with E-state index in [4.69, 9.17) is 0 Å². The summed E-state index contributed by atoms with van der Waals surface area (Å²) in [6.07, 6.45) is 0. The minimum atomic E-state index is -0.280. The van der Waals surface area contributed by atoms with E-state index in [-0.39, 0.29) is 11.7 Å². The lowest BCUT2D eigenvalue weighted by Crippen LogP contribution is -2.13. The third-order valence-corrected chi connectivity index (χ3v) is 5.27. The molecular formula is C19H17FN2OS2. The number of amides is 1. The van der Waals surface area contributed by atoms with Crippen molar-refractivity contribution < 1.29 is 9.18 Å². The van der Waals surface area contributed by atoms with Gasteiger partial charge in [-0.15, -0.1) is 23.1 Å². The minimum Gasteiger partial charge on any atom is -0.301 e. The summed E-state index contributed by atoms with van der Waals surface area (Å²) in [4.78, 5) is 16.4. The molecule has 0 saturated carbocycles. The van der Waals surface area contributed by atoms with E-state index in [2.05, 4.69) is 41.5 Å². The Morgan fingerprint density at radius 3 is 2.60 bits per heavy atom. The molecule has 3 rings (SSSR count). The number of anilines is 1. The van der Waals surface area contributed by atoms with Crippen LogP contribution >= 0.6 is 23.1 Å². The molecule has 1 amide bonds. The summed E-state index contributed by atoms with van der Waals surface area (Å²) in [5.74, 6) is 0.821. The molecule has 0 aliphatic heterocycles. The van der Waals surface area contributed by atoms with Gasteiger partial charge >= 0.3 is 0 Å². The number of halogens is 1. The third-order valence-electron chi connectivity index (χ3n) is 3.51. The number of aromatic nitrogens is 1. The van der Waals surface area contributed by atoms with Crippen molar-refractivity contribution >= 4 is 34.1 Å². The monoisotopic (exact) mass is 372 g/mol. The zero-order valence-electron chi connectivity index (χ0n) is 13.7. The number of aryl methyl sites for hydroxylation is 1. The van der Waals surface area contributed by atoms with Gasteiger partial charge in [0, 0.05) is 16.7 Å². The van der Waals surface area contributed by atoms with Gasteiger partial charge in [0.2, 0.25) is 5.91 Å². The van der Waals surface area contributed by atoms with Crippen LogP contribution in [-0.4, -0.2) is 16.6 Å². The van der Waals surface area contributed by atoms with E-state index in [1.807, 2.05) is 5.38 Å². The maximum absolute atomic E-state index is 13.0. The molecule has 0 radical (unpaired) electrons. The van der Waals surface area contributed by atoms with E-state index in [0.29, 0.717) is 10.9 Å². The lowest BCUT2D eigenvalue weighted by Gasteiger charge is -2.03. The van der Waals surface area contributed by atoms with Crippen LogP contribution in [0.2, 0.25) is 0 Å². The summed E-state index contributed by atoms with van der Waals surface area (Å²) in [6, 6.07) is 14.4. The molecule has 1 N–H and O–H groups in total. The van der Waals surface area contributed by atoms with Gasteiger partial charge in [0.1, 0.15) is 5.82 Å². The van der Waals surface area contributed by atoms with E-state index < -0.39 is 0 Å². The average Bonchev–Trinajstić information content (AvgIpc) is 3.06. The Morgan fingerprint density at radius 2 is 1.88 bits per heavy atom. The van der Waals surface area contributed by atoms with Crippen molar-refractivity contribution in [2.75, 3.05) is 11.1 Å². The Hall–Kier alpha value is -2.18. The van der Waals surface area contributed by atoms with Crippen LogP contribution in [0.3, 0.4) is 0 Å². The SMILES string of the molecule is Cc1ccc(CSCC(=O)Nc2nc(-c3ccc(F)cc3)cs2)cc1. The maximum Gasteiger partial charge on any atom is 0.236 e. The fourth-order valence-corrected chi connectivity index (χ4v) is 3.71. The zero-order chi connectivity index (χ0) is 17.6. The molecule has 0 bridgehead atoms. The molecule has 3 nitrogen and oxygen atoms in total. The molecule has 0 aliphatic carbocycles. The molecule has 0 spiro atoms. The van der Waals surface area contributed by atoms with Crippen LogP contribution in [0.25, 0.3) is 11.3 Å². The fraction of sp³-hybridized carbons (Fsp3) is 0.158. The summed E-state index contributed by atoms with van der Waals surface area (Å²) in [5.41, 5.74) is 3.99. The van der Waals surface area contributed by atoms with Gasteiger partial charge < -0.3 is 5.32 Å². The molecule has 1 aromatic heterocycles. The minimum absolute atomic E-state index is 0.0721. The van der Waals surface area contributed by atoms with Gasteiger partial charge in [-0.1, -0.05) is 29.8 Å². The number of hydrogen-bond acceptors (Lipinski definition) is 4. The average molecular weight is 372 g/mol. The van der Waals surface area contributed by atoms with E-state index in [1.54, 1.807) is 23.9 Å². The van der Waals surface area contributed by atoms with E-state index in [9.17, 15) is 9.18 Å². The molecule has 1 heterocycles. The van der Waals surface area contributed by atoms with Crippen molar-refractivity contribution in [3.05, 3.63) is 70.9 Å². The highest BCUT2D eigenvalue weighted by Crippen LogP contribution is 2.25. The first-order valence-electron chi connectivity index (χ1n) is 7.75. The number of thioether (sulfide) groups is 1. The fourth-order valence-electron chi connectivity index (χ4n) is 2.19. The second-order valence-electron chi connectivity index (χ2n) is 5.57. The van der Waals surface area contributed by atoms with Crippen molar-refractivity contribution in [2.24, 2.45) is 0 Å². The number of carbonyl (C=O) groups excluding carboxylic acids is 1. The number of nitrogens with one attached hydrogen (secondary N) is 1. The summed E-state index contributed by atoms with van der Waals surface area (Å²) in [5, 5.41) is 5.22. The van der Waals surface area contributed by atoms with E-state index in [1.165, 1.54) is 34.6 Å². The normalized spacial score (nSPS) is 10.6. The zero-order valence-corrected chi connectivity index (χ0v) is 15.3. The van der Waals surface area contributed by atoms with Crippen LogP contribution in [0.1, 0.15) is 11.1 Å². The van der Waals surface area contributed by atoms with Gasteiger partial charge in [-0.05, 0) is 36.8 Å². The molecule has 3 aromatic rings. The van der Waals surface area contributed by atoms with Crippen molar-refractivity contribution in [3.63, 3.8) is 0 Å². The van der Waals surface area contributed by atoms with E-state index in [0.717, 1.165) is 17.0 Å². The van der Waals surface area contributed by atoms with Gasteiger partial charge in [0.05, 0.1) is 11.4 Å². The Labute approximate surface area is 154 Å². The van der Waals surface area contributed by atoms with Gasteiger partial charge in [-0.25, -0.2) is 9.37 Å². The summed E-state index contributed by atoms with van der Waals surface area (Å²) in [7, 11) is 0. The van der Waals surface area contributed by atoms with Gasteiger partial charge in [-0.3, -0.25) is 4.79 Å². The number of thiazole rings is 1.